The van der Waals surface area contributed by atoms with Crippen molar-refractivity contribution in [1.82, 2.24) is 19.6 Å². The van der Waals surface area contributed by atoms with E-state index in [4.69, 9.17) is 0 Å². The fourth-order valence-corrected chi connectivity index (χ4v) is 3.08. The van der Waals surface area contributed by atoms with E-state index < -0.39 is 0 Å². The van der Waals surface area contributed by atoms with Gasteiger partial charge in [0.25, 0.3) is 0 Å². The molecule has 102 valence electrons. The monoisotopic (exact) mass is 259 g/mol. The van der Waals surface area contributed by atoms with Crippen molar-refractivity contribution >= 4 is 5.82 Å². The molecular weight excluding hydrogens is 238 g/mol. The van der Waals surface area contributed by atoms with E-state index in [9.17, 15) is 0 Å². The van der Waals surface area contributed by atoms with Crippen molar-refractivity contribution in [3.05, 3.63) is 28.7 Å². The second kappa shape index (κ2) is 4.40. The summed E-state index contributed by atoms with van der Waals surface area (Å²) in [7, 11) is 2.01. The highest BCUT2D eigenvalue weighted by Crippen LogP contribution is 2.34. The van der Waals surface area contributed by atoms with Crippen molar-refractivity contribution < 1.29 is 0 Å². The highest BCUT2D eigenvalue weighted by molar-refractivity contribution is 5.47. The van der Waals surface area contributed by atoms with Crippen molar-refractivity contribution in [1.29, 1.82) is 0 Å². The zero-order valence-corrected chi connectivity index (χ0v) is 12.1. The number of nitrogens with one attached hydrogen (secondary N) is 1. The first-order valence-electron chi connectivity index (χ1n) is 6.93. The van der Waals surface area contributed by atoms with E-state index in [2.05, 4.69) is 41.0 Å². The number of aromatic nitrogens is 4. The van der Waals surface area contributed by atoms with Gasteiger partial charge in [0, 0.05) is 30.4 Å². The summed E-state index contributed by atoms with van der Waals surface area (Å²) in [4.78, 5) is 0. The molecule has 0 fully saturated rings. The van der Waals surface area contributed by atoms with Gasteiger partial charge in [0.2, 0.25) is 0 Å². The molecule has 1 unspecified atom stereocenters. The van der Waals surface area contributed by atoms with Crippen LogP contribution >= 0.6 is 0 Å². The van der Waals surface area contributed by atoms with Crippen molar-refractivity contribution in [3.8, 4) is 0 Å². The highest BCUT2D eigenvalue weighted by atomic mass is 15.4. The van der Waals surface area contributed by atoms with E-state index in [1.807, 2.05) is 17.9 Å². The van der Waals surface area contributed by atoms with E-state index in [1.165, 1.54) is 22.6 Å². The Balaban J connectivity index is 2.11. The number of rotatable bonds is 2. The molecule has 0 saturated heterocycles. The number of hydrogen-bond acceptors (Lipinski definition) is 3. The van der Waals surface area contributed by atoms with Gasteiger partial charge in [-0.05, 0) is 26.7 Å². The van der Waals surface area contributed by atoms with Gasteiger partial charge < -0.3 is 5.32 Å². The Morgan fingerprint density at radius 3 is 2.84 bits per heavy atom. The van der Waals surface area contributed by atoms with Gasteiger partial charge in [-0.3, -0.25) is 4.68 Å². The SMILES string of the molecule is CCc1cnn2c1NCCC2c1c(C)nn(C)c1C. The van der Waals surface area contributed by atoms with Gasteiger partial charge in [-0.1, -0.05) is 6.92 Å². The fourth-order valence-electron chi connectivity index (χ4n) is 3.08. The standard InChI is InChI=1S/C14H21N5/c1-5-11-8-16-19-12(6-7-15-14(11)19)13-9(2)17-18(4)10(13)3/h8,12,15H,5-7H2,1-4H3. The van der Waals surface area contributed by atoms with Crippen LogP contribution in [0, 0.1) is 13.8 Å². The van der Waals surface area contributed by atoms with Crippen molar-refractivity contribution in [2.75, 3.05) is 11.9 Å². The third-order valence-corrected chi connectivity index (χ3v) is 4.16. The molecule has 0 bridgehead atoms. The van der Waals surface area contributed by atoms with Gasteiger partial charge >= 0.3 is 0 Å². The molecule has 1 N–H and O–H groups in total. The Morgan fingerprint density at radius 2 is 2.21 bits per heavy atom. The Bertz CT molecular complexity index is 608. The molecule has 1 aliphatic heterocycles. The summed E-state index contributed by atoms with van der Waals surface area (Å²) >= 11 is 0. The zero-order chi connectivity index (χ0) is 13.6. The molecule has 0 saturated carbocycles. The summed E-state index contributed by atoms with van der Waals surface area (Å²) in [5.74, 6) is 1.18. The molecule has 3 rings (SSSR count). The lowest BCUT2D eigenvalue weighted by Gasteiger charge is -2.27. The molecular formula is C14H21N5. The Hall–Kier alpha value is -1.78. The highest BCUT2D eigenvalue weighted by Gasteiger charge is 2.28. The van der Waals surface area contributed by atoms with Crippen molar-refractivity contribution in [2.45, 2.75) is 39.7 Å². The topological polar surface area (TPSA) is 47.7 Å². The largest absolute Gasteiger partial charge is 0.370 e. The minimum absolute atomic E-state index is 0.310. The maximum atomic E-state index is 4.59. The van der Waals surface area contributed by atoms with Crippen LogP contribution in [0.2, 0.25) is 0 Å². The van der Waals surface area contributed by atoms with Crippen LogP contribution in [-0.2, 0) is 13.5 Å². The molecule has 0 spiro atoms. The predicted molar refractivity (Wildman–Crippen MR) is 75.5 cm³/mol. The van der Waals surface area contributed by atoms with E-state index in [1.54, 1.807) is 0 Å². The van der Waals surface area contributed by atoms with E-state index in [-0.39, 0.29) is 0 Å². The lowest BCUT2D eigenvalue weighted by molar-refractivity contribution is 0.477. The Morgan fingerprint density at radius 1 is 1.42 bits per heavy atom. The maximum Gasteiger partial charge on any atom is 0.128 e. The summed E-state index contributed by atoms with van der Waals surface area (Å²) in [6.45, 7) is 7.40. The number of aryl methyl sites for hydroxylation is 3. The zero-order valence-electron chi connectivity index (χ0n) is 12.1. The number of anilines is 1. The molecule has 0 aliphatic carbocycles. The number of nitrogens with zero attached hydrogens (tertiary/aromatic N) is 4. The van der Waals surface area contributed by atoms with Crippen molar-refractivity contribution in [3.63, 3.8) is 0 Å². The van der Waals surface area contributed by atoms with Crippen LogP contribution in [-0.4, -0.2) is 26.1 Å². The van der Waals surface area contributed by atoms with Crippen LogP contribution in [0.5, 0.6) is 0 Å². The quantitative estimate of drug-likeness (QED) is 0.899. The van der Waals surface area contributed by atoms with Crippen LogP contribution in [0.15, 0.2) is 6.20 Å². The Labute approximate surface area is 113 Å². The molecule has 19 heavy (non-hydrogen) atoms. The summed E-state index contributed by atoms with van der Waals surface area (Å²) in [5, 5.41) is 12.6. The normalized spacial score (nSPS) is 18.2. The fraction of sp³-hybridized carbons (Fsp3) is 0.571. The van der Waals surface area contributed by atoms with Gasteiger partial charge in [0.05, 0.1) is 17.9 Å². The minimum Gasteiger partial charge on any atom is -0.370 e. The predicted octanol–water partition coefficient (Wildman–Crippen LogP) is 2.20. The van der Waals surface area contributed by atoms with Gasteiger partial charge in [0.1, 0.15) is 5.82 Å². The van der Waals surface area contributed by atoms with Crippen LogP contribution < -0.4 is 5.32 Å². The molecule has 0 radical (unpaired) electrons. The van der Waals surface area contributed by atoms with Crippen LogP contribution in [0.25, 0.3) is 0 Å². The third kappa shape index (κ3) is 1.76. The molecule has 2 aromatic rings. The van der Waals surface area contributed by atoms with Gasteiger partial charge in [-0.25, -0.2) is 4.68 Å². The van der Waals surface area contributed by atoms with Gasteiger partial charge in [0.15, 0.2) is 0 Å². The lowest BCUT2D eigenvalue weighted by atomic mass is 10.00. The molecule has 0 aromatic carbocycles. The molecule has 5 nitrogen and oxygen atoms in total. The average Bonchev–Trinajstić information content (AvgIpc) is 2.92. The van der Waals surface area contributed by atoms with E-state index >= 15 is 0 Å². The first kappa shape index (κ1) is 12.3. The molecule has 5 heteroatoms. The molecule has 3 heterocycles. The first-order chi connectivity index (χ1) is 9.13. The first-order valence-corrected chi connectivity index (χ1v) is 6.93. The second-order valence-electron chi connectivity index (χ2n) is 5.26. The lowest BCUT2D eigenvalue weighted by Crippen LogP contribution is -2.25. The van der Waals surface area contributed by atoms with Gasteiger partial charge in [-0.2, -0.15) is 10.2 Å². The smallest absolute Gasteiger partial charge is 0.128 e. The minimum atomic E-state index is 0.310. The van der Waals surface area contributed by atoms with E-state index in [0.29, 0.717) is 6.04 Å². The van der Waals surface area contributed by atoms with Crippen LogP contribution in [0.1, 0.15) is 41.9 Å². The molecule has 0 amide bonds. The number of fused-ring (bicyclic) bond motifs is 1. The third-order valence-electron chi connectivity index (χ3n) is 4.16. The van der Waals surface area contributed by atoms with E-state index in [0.717, 1.165) is 25.1 Å². The summed E-state index contributed by atoms with van der Waals surface area (Å²) in [5.41, 5.74) is 4.98. The van der Waals surface area contributed by atoms with Crippen LogP contribution in [0.4, 0.5) is 5.82 Å². The van der Waals surface area contributed by atoms with Crippen LogP contribution in [0.3, 0.4) is 0 Å². The second-order valence-corrected chi connectivity index (χ2v) is 5.26. The maximum absolute atomic E-state index is 4.59. The summed E-state index contributed by atoms with van der Waals surface area (Å²) in [6, 6.07) is 0.310. The number of hydrogen-bond donors (Lipinski definition) is 1. The Kier molecular flexibility index (Phi) is 2.84. The van der Waals surface area contributed by atoms with Crippen molar-refractivity contribution in [2.24, 2.45) is 7.05 Å². The molecule has 1 aliphatic rings. The summed E-state index contributed by atoms with van der Waals surface area (Å²) < 4.78 is 4.11. The average molecular weight is 259 g/mol. The molecule has 1 atom stereocenters. The van der Waals surface area contributed by atoms with Gasteiger partial charge in [-0.15, -0.1) is 0 Å². The summed E-state index contributed by atoms with van der Waals surface area (Å²) in [6.07, 6.45) is 4.06. The molecule has 2 aromatic heterocycles.